The lowest BCUT2D eigenvalue weighted by molar-refractivity contribution is -0.114. The number of benzene rings is 2. The number of fused-ring (bicyclic) bond motifs is 1. The van der Waals surface area contributed by atoms with Crippen LogP contribution in [-0.2, 0) is 21.1 Å². The van der Waals surface area contributed by atoms with Crippen LogP contribution in [0.5, 0.6) is 0 Å². The van der Waals surface area contributed by atoms with Crippen molar-refractivity contribution in [3.05, 3.63) is 64.1 Å². The van der Waals surface area contributed by atoms with Crippen LogP contribution in [0.25, 0.3) is 6.08 Å². The third-order valence-corrected chi connectivity index (χ3v) is 6.01. The number of anilines is 1. The largest absolute Gasteiger partial charge is 0.309 e. The predicted molar refractivity (Wildman–Crippen MR) is 103 cm³/mol. The second-order valence-corrected chi connectivity index (χ2v) is 8.88. The lowest BCUT2D eigenvalue weighted by Crippen LogP contribution is -2.34. The van der Waals surface area contributed by atoms with E-state index in [0.29, 0.717) is 11.4 Å². The normalized spacial score (nSPS) is 14.6. The molecule has 0 saturated heterocycles. The predicted octanol–water partition coefficient (Wildman–Crippen LogP) is 3.85. The Balaban J connectivity index is 1.88. The molecule has 0 fully saturated rings. The Morgan fingerprint density at radius 1 is 1.20 bits per heavy atom. The molecule has 1 aliphatic rings. The maximum atomic E-state index is 12.6. The Labute approximate surface area is 156 Å². The minimum atomic E-state index is -3.25. The second-order valence-electron chi connectivity index (χ2n) is 6.01. The van der Waals surface area contributed by atoms with Crippen molar-refractivity contribution in [2.75, 3.05) is 17.7 Å². The van der Waals surface area contributed by atoms with E-state index in [1.807, 2.05) is 24.3 Å². The Bertz CT molecular complexity index is 951. The van der Waals surface area contributed by atoms with Crippen molar-refractivity contribution in [2.24, 2.45) is 0 Å². The number of carbonyl (C=O) groups is 1. The Kier molecular flexibility index (Phi) is 5.11. The number of sulfone groups is 1. The summed E-state index contributed by atoms with van der Waals surface area (Å²) in [7, 11) is -3.25. The molecule has 0 aliphatic carbocycles. The number of hydrogen-bond acceptors (Lipinski definition) is 3. The molecular formula is C19H18BrNO3S. The van der Waals surface area contributed by atoms with Crippen molar-refractivity contribution in [1.29, 1.82) is 0 Å². The summed E-state index contributed by atoms with van der Waals surface area (Å²) in [6, 6.07) is 12.7. The molecule has 1 heterocycles. The number of aryl methyl sites for hydroxylation is 1. The monoisotopic (exact) mass is 419 g/mol. The maximum absolute atomic E-state index is 12.6. The van der Waals surface area contributed by atoms with Crippen molar-refractivity contribution in [1.82, 2.24) is 0 Å². The van der Waals surface area contributed by atoms with Gasteiger partial charge in [0.25, 0.3) is 5.91 Å². The minimum Gasteiger partial charge on any atom is -0.309 e. The standard InChI is InChI=1S/C19H18BrNO3S/c1-25(23,24)16-9-10-18-15(13-16)6-4-12-21(18)19(22)11-8-14-5-2-3-7-17(14)20/h2-3,5,7-11,13H,4,6,12H2,1H3/b11-8+. The molecule has 0 atom stereocenters. The van der Waals surface area contributed by atoms with Crippen LogP contribution in [0.3, 0.4) is 0 Å². The fourth-order valence-corrected chi connectivity index (χ4v) is 3.98. The SMILES string of the molecule is CS(=O)(=O)c1ccc2c(c1)CCCN2C(=O)/C=C/c1ccccc1Br. The zero-order valence-electron chi connectivity index (χ0n) is 13.8. The van der Waals surface area contributed by atoms with Crippen LogP contribution in [0, 0.1) is 0 Å². The maximum Gasteiger partial charge on any atom is 0.250 e. The van der Waals surface area contributed by atoms with Crippen LogP contribution in [0.15, 0.2) is 57.9 Å². The first-order valence-corrected chi connectivity index (χ1v) is 10.6. The molecule has 6 heteroatoms. The molecule has 0 N–H and O–H groups in total. The molecule has 0 radical (unpaired) electrons. The topological polar surface area (TPSA) is 54.5 Å². The summed E-state index contributed by atoms with van der Waals surface area (Å²) in [6.07, 6.45) is 6.12. The summed E-state index contributed by atoms with van der Waals surface area (Å²) in [5.74, 6) is -0.108. The summed E-state index contributed by atoms with van der Waals surface area (Å²) < 4.78 is 24.4. The summed E-state index contributed by atoms with van der Waals surface area (Å²) in [6.45, 7) is 0.629. The molecule has 4 nitrogen and oxygen atoms in total. The first-order chi connectivity index (χ1) is 11.9. The molecule has 0 spiro atoms. The number of rotatable bonds is 3. The van der Waals surface area contributed by atoms with Crippen molar-refractivity contribution in [2.45, 2.75) is 17.7 Å². The highest BCUT2D eigenvalue weighted by molar-refractivity contribution is 9.10. The van der Waals surface area contributed by atoms with E-state index >= 15 is 0 Å². The van der Waals surface area contributed by atoms with Gasteiger partial charge in [-0.2, -0.15) is 0 Å². The second kappa shape index (κ2) is 7.14. The molecule has 0 bridgehead atoms. The molecular weight excluding hydrogens is 402 g/mol. The van der Waals surface area contributed by atoms with Crippen molar-refractivity contribution < 1.29 is 13.2 Å². The number of amides is 1. The smallest absolute Gasteiger partial charge is 0.250 e. The van der Waals surface area contributed by atoms with Gasteiger partial charge in [0.15, 0.2) is 9.84 Å². The number of halogens is 1. The molecule has 0 unspecified atom stereocenters. The molecule has 2 aromatic carbocycles. The van der Waals surface area contributed by atoms with Crippen LogP contribution in [0.1, 0.15) is 17.5 Å². The van der Waals surface area contributed by atoms with Gasteiger partial charge in [0, 0.05) is 29.0 Å². The van der Waals surface area contributed by atoms with Gasteiger partial charge >= 0.3 is 0 Å². The molecule has 3 rings (SSSR count). The average molecular weight is 420 g/mol. The Morgan fingerprint density at radius 2 is 1.96 bits per heavy atom. The van der Waals surface area contributed by atoms with Gasteiger partial charge in [-0.05, 0) is 54.3 Å². The highest BCUT2D eigenvalue weighted by Gasteiger charge is 2.22. The summed E-state index contributed by atoms with van der Waals surface area (Å²) in [5.41, 5.74) is 2.62. The Hall–Kier alpha value is -1.92. The van der Waals surface area contributed by atoms with Gasteiger partial charge in [-0.15, -0.1) is 0 Å². The lowest BCUT2D eigenvalue weighted by Gasteiger charge is -2.29. The molecule has 25 heavy (non-hydrogen) atoms. The van der Waals surface area contributed by atoms with E-state index in [1.165, 1.54) is 6.26 Å². The fourth-order valence-electron chi connectivity index (χ4n) is 2.89. The summed E-state index contributed by atoms with van der Waals surface area (Å²) in [4.78, 5) is 14.6. The summed E-state index contributed by atoms with van der Waals surface area (Å²) >= 11 is 3.46. The van der Waals surface area contributed by atoms with Crippen LogP contribution in [0.4, 0.5) is 5.69 Å². The van der Waals surface area contributed by atoms with Crippen molar-refractivity contribution in [3.63, 3.8) is 0 Å². The minimum absolute atomic E-state index is 0.108. The zero-order valence-corrected chi connectivity index (χ0v) is 16.2. The first kappa shape index (κ1) is 17.9. The number of nitrogens with zero attached hydrogens (tertiary/aromatic N) is 1. The van der Waals surface area contributed by atoms with Gasteiger partial charge in [0.2, 0.25) is 0 Å². The number of carbonyl (C=O) groups excluding carboxylic acids is 1. The van der Waals surface area contributed by atoms with E-state index in [9.17, 15) is 13.2 Å². The van der Waals surface area contributed by atoms with E-state index in [0.717, 1.165) is 34.1 Å². The average Bonchev–Trinajstić information content (AvgIpc) is 2.59. The molecule has 0 saturated carbocycles. The van der Waals surface area contributed by atoms with E-state index in [2.05, 4.69) is 15.9 Å². The third kappa shape index (κ3) is 4.02. The van der Waals surface area contributed by atoms with Gasteiger partial charge in [0.1, 0.15) is 0 Å². The van der Waals surface area contributed by atoms with Gasteiger partial charge in [-0.25, -0.2) is 8.42 Å². The molecule has 0 aromatic heterocycles. The van der Waals surface area contributed by atoms with Crippen LogP contribution < -0.4 is 4.90 Å². The van der Waals surface area contributed by atoms with Crippen molar-refractivity contribution in [3.8, 4) is 0 Å². The third-order valence-electron chi connectivity index (χ3n) is 4.17. The van der Waals surface area contributed by atoms with Crippen LogP contribution in [0.2, 0.25) is 0 Å². The van der Waals surface area contributed by atoms with E-state index in [4.69, 9.17) is 0 Å². The Morgan fingerprint density at radius 3 is 2.68 bits per heavy atom. The quantitative estimate of drug-likeness (QED) is 0.709. The fraction of sp³-hybridized carbons (Fsp3) is 0.211. The highest BCUT2D eigenvalue weighted by Crippen LogP contribution is 2.30. The first-order valence-electron chi connectivity index (χ1n) is 7.93. The van der Waals surface area contributed by atoms with Crippen LogP contribution >= 0.6 is 15.9 Å². The molecule has 130 valence electrons. The van der Waals surface area contributed by atoms with Gasteiger partial charge in [0.05, 0.1) is 4.90 Å². The van der Waals surface area contributed by atoms with Crippen molar-refractivity contribution >= 4 is 43.4 Å². The molecule has 2 aromatic rings. The molecule has 1 aliphatic heterocycles. The molecule has 1 amide bonds. The van der Waals surface area contributed by atoms with Crippen LogP contribution in [-0.4, -0.2) is 27.1 Å². The van der Waals surface area contributed by atoms with E-state index in [-0.39, 0.29) is 5.91 Å². The number of hydrogen-bond donors (Lipinski definition) is 0. The van der Waals surface area contributed by atoms with E-state index in [1.54, 1.807) is 35.3 Å². The van der Waals surface area contributed by atoms with Gasteiger partial charge < -0.3 is 4.90 Å². The summed E-state index contributed by atoms with van der Waals surface area (Å²) in [5, 5.41) is 0. The lowest BCUT2D eigenvalue weighted by atomic mass is 10.0. The van der Waals surface area contributed by atoms with E-state index < -0.39 is 9.84 Å². The zero-order chi connectivity index (χ0) is 18.0. The van der Waals surface area contributed by atoms with Gasteiger partial charge in [-0.1, -0.05) is 34.1 Å². The highest BCUT2D eigenvalue weighted by atomic mass is 79.9. The van der Waals surface area contributed by atoms with Gasteiger partial charge in [-0.3, -0.25) is 4.79 Å².